The van der Waals surface area contributed by atoms with E-state index in [0.29, 0.717) is 0 Å². The van der Waals surface area contributed by atoms with Gasteiger partial charge in [-0.15, -0.1) is 11.3 Å². The highest BCUT2D eigenvalue weighted by Gasteiger charge is 2.34. The van der Waals surface area contributed by atoms with E-state index in [-0.39, 0.29) is 12.1 Å². The number of sulfonamides is 1. The molecule has 1 aromatic carbocycles. The zero-order valence-electron chi connectivity index (χ0n) is 14.7. The van der Waals surface area contributed by atoms with Crippen LogP contribution in [0.3, 0.4) is 0 Å². The van der Waals surface area contributed by atoms with Gasteiger partial charge in [0.05, 0.1) is 43.4 Å². The lowest BCUT2D eigenvalue weighted by Crippen LogP contribution is -3.16. The summed E-state index contributed by atoms with van der Waals surface area (Å²) in [7, 11) is -3.22. The number of nitrogens with zero attached hydrogens (tertiary/aromatic N) is 1. The van der Waals surface area contributed by atoms with Gasteiger partial charge in [0, 0.05) is 5.69 Å². The summed E-state index contributed by atoms with van der Waals surface area (Å²) in [6.07, 6.45) is 1.23. The summed E-state index contributed by atoms with van der Waals surface area (Å²) in [6, 6.07) is 14.6. The lowest BCUT2D eigenvalue weighted by atomic mass is 10.1. The molecule has 2 aromatic rings. The maximum atomic E-state index is 11.7. The third kappa shape index (κ3) is 4.82. The van der Waals surface area contributed by atoms with Gasteiger partial charge in [-0.25, -0.2) is 13.1 Å². The van der Waals surface area contributed by atoms with Crippen LogP contribution in [0, 0.1) is 0 Å². The molecule has 25 heavy (non-hydrogen) atoms. The van der Waals surface area contributed by atoms with Gasteiger partial charge in [0.1, 0.15) is 6.04 Å². The Morgan fingerprint density at radius 1 is 1.12 bits per heavy atom. The third-order valence-electron chi connectivity index (χ3n) is 4.72. The van der Waals surface area contributed by atoms with Crippen molar-refractivity contribution in [2.75, 3.05) is 37.3 Å². The van der Waals surface area contributed by atoms with Crippen molar-refractivity contribution in [3.8, 4) is 0 Å². The first-order valence-corrected chi connectivity index (χ1v) is 11.4. The first-order valence-electron chi connectivity index (χ1n) is 8.59. The minimum atomic E-state index is -3.22. The van der Waals surface area contributed by atoms with E-state index in [2.05, 4.69) is 45.3 Å². The van der Waals surface area contributed by atoms with Gasteiger partial charge in [0.2, 0.25) is 10.0 Å². The van der Waals surface area contributed by atoms with Gasteiger partial charge in [0.15, 0.2) is 0 Å². The molecule has 1 aliphatic heterocycles. The van der Waals surface area contributed by atoms with E-state index in [1.165, 1.54) is 21.7 Å². The first-order chi connectivity index (χ1) is 11.9. The van der Waals surface area contributed by atoms with E-state index < -0.39 is 10.0 Å². The molecule has 136 valence electrons. The molecule has 0 amide bonds. The van der Waals surface area contributed by atoms with Crippen LogP contribution < -0.4 is 14.5 Å². The maximum Gasteiger partial charge on any atom is 0.209 e. The molecule has 0 radical (unpaired) electrons. The van der Waals surface area contributed by atoms with Crippen LogP contribution in [0.15, 0.2) is 47.8 Å². The topological polar surface area (TPSA) is 53.9 Å². The first kappa shape index (κ1) is 18.4. The van der Waals surface area contributed by atoms with E-state index >= 15 is 0 Å². The van der Waals surface area contributed by atoms with Crippen molar-refractivity contribution in [1.29, 1.82) is 0 Å². The summed E-state index contributed by atoms with van der Waals surface area (Å²) in [5.41, 5.74) is 1.26. The summed E-state index contributed by atoms with van der Waals surface area (Å²) < 4.78 is 26.2. The third-order valence-corrected chi connectivity index (χ3v) is 6.47. The van der Waals surface area contributed by atoms with Crippen molar-refractivity contribution in [2.24, 2.45) is 0 Å². The molecule has 1 aliphatic rings. The number of rotatable bonds is 6. The Bertz CT molecular complexity index is 755. The van der Waals surface area contributed by atoms with E-state index in [4.69, 9.17) is 0 Å². The van der Waals surface area contributed by atoms with Crippen LogP contribution in [0.25, 0.3) is 0 Å². The molecule has 3 rings (SSSR count). The zero-order valence-corrected chi connectivity index (χ0v) is 16.3. The fourth-order valence-electron chi connectivity index (χ4n) is 3.68. The van der Waals surface area contributed by atoms with Gasteiger partial charge in [0.25, 0.3) is 0 Å². The van der Waals surface area contributed by atoms with Gasteiger partial charge < -0.3 is 9.80 Å². The molecule has 2 N–H and O–H groups in total. The number of nitrogens with one attached hydrogen (secondary N) is 2. The van der Waals surface area contributed by atoms with Crippen molar-refractivity contribution in [3.63, 3.8) is 0 Å². The fourth-order valence-corrected chi connectivity index (χ4v) is 5.48. The predicted molar refractivity (Wildman–Crippen MR) is 104 cm³/mol. The second kappa shape index (κ2) is 7.86. The van der Waals surface area contributed by atoms with Gasteiger partial charge in [-0.3, -0.25) is 0 Å². The Morgan fingerprint density at radius 3 is 2.36 bits per heavy atom. The molecule has 7 heteroatoms. The summed E-state index contributed by atoms with van der Waals surface area (Å²) in [5, 5.41) is 2.06. The smallest absolute Gasteiger partial charge is 0.209 e. The van der Waals surface area contributed by atoms with Crippen LogP contribution in [0.5, 0.6) is 0 Å². The summed E-state index contributed by atoms with van der Waals surface area (Å²) in [6.45, 7) is 5.92. The minimum absolute atomic E-state index is 0.132. The van der Waals surface area contributed by atoms with Crippen molar-refractivity contribution in [1.82, 2.24) is 4.72 Å². The second-order valence-corrected chi connectivity index (χ2v) is 9.41. The highest BCUT2D eigenvalue weighted by Crippen LogP contribution is 2.21. The van der Waals surface area contributed by atoms with Gasteiger partial charge in [-0.1, -0.05) is 24.3 Å². The van der Waals surface area contributed by atoms with Crippen molar-refractivity contribution >= 4 is 27.0 Å². The second-order valence-electron chi connectivity index (χ2n) is 6.65. The van der Waals surface area contributed by atoms with Gasteiger partial charge >= 0.3 is 0 Å². The Morgan fingerprint density at radius 2 is 1.80 bits per heavy atom. The van der Waals surface area contributed by atoms with Crippen LogP contribution in [0.1, 0.15) is 17.8 Å². The number of hydrogen-bond donors (Lipinski definition) is 2. The Labute approximate surface area is 154 Å². The van der Waals surface area contributed by atoms with E-state index in [0.717, 1.165) is 26.2 Å². The summed E-state index contributed by atoms with van der Waals surface area (Å²) in [5.74, 6) is 0. The molecule has 0 saturated carbocycles. The van der Waals surface area contributed by atoms with Crippen molar-refractivity contribution in [3.05, 3.63) is 52.7 Å². The number of piperazine rings is 1. The number of quaternary nitrogens is 1. The van der Waals surface area contributed by atoms with Crippen LogP contribution in [0.4, 0.5) is 5.69 Å². The van der Waals surface area contributed by atoms with E-state index in [1.807, 2.05) is 19.1 Å². The van der Waals surface area contributed by atoms with Crippen molar-refractivity contribution in [2.45, 2.75) is 19.0 Å². The lowest BCUT2D eigenvalue weighted by molar-refractivity contribution is -0.933. The quantitative estimate of drug-likeness (QED) is 0.790. The molecular formula is C18H26N3O2S2+. The van der Waals surface area contributed by atoms with Gasteiger partial charge in [-0.2, -0.15) is 0 Å². The van der Waals surface area contributed by atoms with Crippen LogP contribution in [-0.4, -0.2) is 46.9 Å². The lowest BCUT2D eigenvalue weighted by Gasteiger charge is -2.39. The molecule has 2 heterocycles. The maximum absolute atomic E-state index is 11.7. The monoisotopic (exact) mass is 380 g/mol. The summed E-state index contributed by atoms with van der Waals surface area (Å²) >= 11 is 1.71. The summed E-state index contributed by atoms with van der Waals surface area (Å²) in [4.78, 5) is 5.09. The molecule has 0 unspecified atom stereocenters. The Balaban J connectivity index is 1.72. The standard InChI is InChI=1S/C18H25N3O2S2/c1-15(19-25(2,22)23)18(17-9-6-14-24-17)21-12-10-20(11-13-21)16-7-4-3-5-8-16/h3-9,14-15,18-19H,10-13H2,1-2H3/p+1/t15-,18+/m1/s1. The molecule has 5 nitrogen and oxygen atoms in total. The highest BCUT2D eigenvalue weighted by atomic mass is 32.2. The fraction of sp³-hybridized carbons (Fsp3) is 0.444. The van der Waals surface area contributed by atoms with E-state index in [1.54, 1.807) is 11.3 Å². The van der Waals surface area contributed by atoms with Crippen LogP contribution in [0.2, 0.25) is 0 Å². The normalized spacial score (nSPS) is 18.9. The number of hydrogen-bond acceptors (Lipinski definition) is 4. The molecule has 0 bridgehead atoms. The van der Waals surface area contributed by atoms with Gasteiger partial charge in [-0.05, 0) is 30.5 Å². The number of para-hydroxylation sites is 1. The number of benzene rings is 1. The largest absolute Gasteiger partial charge is 0.360 e. The molecule has 0 spiro atoms. The average Bonchev–Trinajstić information content (AvgIpc) is 3.09. The molecule has 1 fully saturated rings. The highest BCUT2D eigenvalue weighted by molar-refractivity contribution is 7.88. The number of anilines is 1. The number of thiophene rings is 1. The molecule has 2 atom stereocenters. The molecular weight excluding hydrogens is 354 g/mol. The Hall–Kier alpha value is -1.41. The van der Waals surface area contributed by atoms with Crippen LogP contribution in [-0.2, 0) is 10.0 Å². The molecule has 1 saturated heterocycles. The molecule has 1 aromatic heterocycles. The van der Waals surface area contributed by atoms with E-state index in [9.17, 15) is 8.42 Å². The van der Waals surface area contributed by atoms with Crippen LogP contribution >= 0.6 is 11.3 Å². The molecule has 0 aliphatic carbocycles. The predicted octanol–water partition coefficient (Wildman–Crippen LogP) is 1.13. The van der Waals surface area contributed by atoms with Crippen molar-refractivity contribution < 1.29 is 13.3 Å². The Kier molecular flexibility index (Phi) is 5.78. The zero-order chi connectivity index (χ0) is 17.9. The average molecular weight is 381 g/mol. The minimum Gasteiger partial charge on any atom is -0.360 e. The SMILES string of the molecule is C[C@@H](NS(C)(=O)=O)[C@@H](c1cccs1)[NH+]1CCN(c2ccccc2)CC1.